The van der Waals surface area contributed by atoms with Gasteiger partial charge in [-0.15, -0.1) is 24.0 Å². The number of guanidine groups is 1. The van der Waals surface area contributed by atoms with Gasteiger partial charge < -0.3 is 29.6 Å². The van der Waals surface area contributed by atoms with E-state index in [0.29, 0.717) is 19.3 Å². The Morgan fingerprint density at radius 2 is 1.68 bits per heavy atom. The molecule has 2 N–H and O–H groups in total. The van der Waals surface area contributed by atoms with Crippen LogP contribution in [0.1, 0.15) is 43.7 Å². The molecule has 31 heavy (non-hydrogen) atoms. The molecule has 1 aromatic carbocycles. The lowest BCUT2D eigenvalue weighted by atomic mass is 10.1. The first-order valence-electron chi connectivity index (χ1n) is 11.3. The van der Waals surface area contributed by atoms with Crippen molar-refractivity contribution < 1.29 is 18.9 Å². The van der Waals surface area contributed by atoms with Crippen molar-refractivity contribution in [2.45, 2.75) is 58.0 Å². The third kappa shape index (κ3) is 10.5. The van der Waals surface area contributed by atoms with E-state index >= 15 is 0 Å². The molecule has 0 saturated carbocycles. The van der Waals surface area contributed by atoms with Gasteiger partial charge >= 0.3 is 0 Å². The molecule has 0 radical (unpaired) electrons. The second-order valence-electron chi connectivity index (χ2n) is 7.77. The maximum Gasteiger partial charge on any atom is 0.191 e. The lowest BCUT2D eigenvalue weighted by Gasteiger charge is -2.22. The first kappa shape index (κ1) is 26.3. The molecule has 1 aromatic rings. The van der Waals surface area contributed by atoms with Crippen molar-refractivity contribution in [3.05, 3.63) is 35.4 Å². The Labute approximate surface area is 203 Å². The Morgan fingerprint density at radius 1 is 0.968 bits per heavy atom. The molecule has 0 amide bonds. The van der Waals surface area contributed by atoms with Crippen LogP contribution in [-0.2, 0) is 32.1 Å². The molecular weight excluding hydrogens is 509 g/mol. The quantitative estimate of drug-likeness (QED) is 0.192. The fraction of sp³-hybridized carbons (Fsp3) is 0.696. The summed E-state index contributed by atoms with van der Waals surface area (Å²) in [6.45, 7) is 8.98. The summed E-state index contributed by atoms with van der Waals surface area (Å²) >= 11 is 0. The number of aliphatic imine (C=N–C) groups is 1. The fourth-order valence-corrected chi connectivity index (χ4v) is 3.48. The van der Waals surface area contributed by atoms with Crippen molar-refractivity contribution in [2.75, 3.05) is 46.1 Å². The highest BCUT2D eigenvalue weighted by atomic mass is 127. The molecule has 7 nitrogen and oxygen atoms in total. The summed E-state index contributed by atoms with van der Waals surface area (Å²) in [5, 5.41) is 6.68. The Balaban J connectivity index is 0.00000341. The molecule has 0 aliphatic carbocycles. The molecule has 2 aliphatic heterocycles. The second-order valence-corrected chi connectivity index (χ2v) is 7.77. The molecule has 2 heterocycles. The lowest BCUT2D eigenvalue weighted by Crippen LogP contribution is -2.38. The zero-order chi connectivity index (χ0) is 20.9. The summed E-state index contributed by atoms with van der Waals surface area (Å²) in [5.74, 6) is 0.841. The zero-order valence-corrected chi connectivity index (χ0v) is 21.0. The molecule has 2 fully saturated rings. The summed E-state index contributed by atoms with van der Waals surface area (Å²) in [4.78, 5) is 4.70. The van der Waals surface area contributed by atoms with Crippen LogP contribution in [0.4, 0.5) is 0 Å². The van der Waals surface area contributed by atoms with E-state index in [1.165, 1.54) is 11.1 Å². The Bertz CT molecular complexity index is 618. The topological polar surface area (TPSA) is 73.3 Å². The normalized spacial score (nSPS) is 19.8. The van der Waals surface area contributed by atoms with Crippen molar-refractivity contribution in [2.24, 2.45) is 4.99 Å². The minimum Gasteiger partial charge on any atom is -0.381 e. The average Bonchev–Trinajstić information content (AvgIpc) is 3.31. The fourth-order valence-electron chi connectivity index (χ4n) is 3.48. The number of rotatable bonds is 11. The summed E-state index contributed by atoms with van der Waals surface area (Å²) in [6, 6.07) is 8.53. The smallest absolute Gasteiger partial charge is 0.191 e. The Morgan fingerprint density at radius 3 is 2.39 bits per heavy atom. The number of halogens is 1. The van der Waals surface area contributed by atoms with Gasteiger partial charge in [-0.1, -0.05) is 24.3 Å². The maximum absolute atomic E-state index is 5.99. The van der Waals surface area contributed by atoms with Gasteiger partial charge in [-0.05, 0) is 43.7 Å². The molecule has 176 valence electrons. The van der Waals surface area contributed by atoms with E-state index in [0.717, 1.165) is 77.8 Å². The molecule has 0 aromatic heterocycles. The van der Waals surface area contributed by atoms with Gasteiger partial charge in [0.2, 0.25) is 0 Å². The van der Waals surface area contributed by atoms with E-state index in [9.17, 15) is 0 Å². The standard InChI is InChI=1S/C23H37N3O4.HI/c1-2-24-23(25-11-3-12-29-22-10-15-28-18-22)26-16-19-4-6-20(7-5-19)17-30-21-8-13-27-14-9-21;/h4-7,21-22H,2-3,8-18H2,1H3,(H2,24,25,26);1H. The SMILES string of the molecule is CCNC(=NCc1ccc(COC2CCOCC2)cc1)NCCCOC1CCOC1.I. The predicted molar refractivity (Wildman–Crippen MR) is 133 cm³/mol. The number of nitrogens with zero attached hydrogens (tertiary/aromatic N) is 1. The number of hydrogen-bond donors (Lipinski definition) is 2. The molecule has 2 saturated heterocycles. The number of benzene rings is 1. The van der Waals surface area contributed by atoms with Gasteiger partial charge in [0.25, 0.3) is 0 Å². The van der Waals surface area contributed by atoms with E-state index in [-0.39, 0.29) is 30.1 Å². The average molecular weight is 547 g/mol. The van der Waals surface area contributed by atoms with Crippen LogP contribution in [0.3, 0.4) is 0 Å². The molecule has 0 spiro atoms. The summed E-state index contributed by atoms with van der Waals surface area (Å²) < 4.78 is 22.5. The molecule has 0 bridgehead atoms. The lowest BCUT2D eigenvalue weighted by molar-refractivity contribution is -0.0390. The van der Waals surface area contributed by atoms with Crippen molar-refractivity contribution in [1.82, 2.24) is 10.6 Å². The van der Waals surface area contributed by atoms with Crippen LogP contribution >= 0.6 is 24.0 Å². The maximum atomic E-state index is 5.99. The molecule has 1 atom stereocenters. The summed E-state index contributed by atoms with van der Waals surface area (Å²) in [5.41, 5.74) is 2.39. The van der Waals surface area contributed by atoms with Crippen LogP contribution in [0.5, 0.6) is 0 Å². The Kier molecular flexibility index (Phi) is 13.4. The van der Waals surface area contributed by atoms with Gasteiger partial charge in [-0.25, -0.2) is 4.99 Å². The number of ether oxygens (including phenoxy) is 4. The van der Waals surface area contributed by atoms with Gasteiger partial charge in [0, 0.05) is 39.5 Å². The predicted octanol–water partition coefficient (Wildman–Crippen LogP) is 3.25. The summed E-state index contributed by atoms with van der Waals surface area (Å²) in [7, 11) is 0. The van der Waals surface area contributed by atoms with Crippen LogP contribution in [0.2, 0.25) is 0 Å². The van der Waals surface area contributed by atoms with Crippen LogP contribution in [0.15, 0.2) is 29.3 Å². The molecular formula is C23H38IN3O4. The molecule has 3 rings (SSSR count). The van der Waals surface area contributed by atoms with Crippen LogP contribution in [0.25, 0.3) is 0 Å². The van der Waals surface area contributed by atoms with E-state index in [2.05, 4.69) is 41.8 Å². The van der Waals surface area contributed by atoms with Gasteiger partial charge in [-0.3, -0.25) is 0 Å². The first-order chi connectivity index (χ1) is 14.8. The van der Waals surface area contributed by atoms with E-state index in [1.54, 1.807) is 0 Å². The van der Waals surface area contributed by atoms with E-state index in [1.807, 2.05) is 0 Å². The highest BCUT2D eigenvalue weighted by Gasteiger charge is 2.15. The van der Waals surface area contributed by atoms with Crippen molar-refractivity contribution in [3.8, 4) is 0 Å². The van der Waals surface area contributed by atoms with E-state index < -0.39 is 0 Å². The van der Waals surface area contributed by atoms with Crippen molar-refractivity contribution in [3.63, 3.8) is 0 Å². The van der Waals surface area contributed by atoms with Gasteiger partial charge in [0.1, 0.15) is 0 Å². The van der Waals surface area contributed by atoms with Gasteiger partial charge in [0.15, 0.2) is 5.96 Å². The monoisotopic (exact) mass is 547 g/mol. The molecule has 1 unspecified atom stereocenters. The first-order valence-corrected chi connectivity index (χ1v) is 11.3. The van der Waals surface area contributed by atoms with Crippen molar-refractivity contribution >= 4 is 29.9 Å². The number of hydrogen-bond acceptors (Lipinski definition) is 5. The van der Waals surface area contributed by atoms with Gasteiger partial charge in [-0.2, -0.15) is 0 Å². The molecule has 8 heteroatoms. The highest BCUT2D eigenvalue weighted by Crippen LogP contribution is 2.14. The highest BCUT2D eigenvalue weighted by molar-refractivity contribution is 14.0. The third-order valence-corrected chi connectivity index (χ3v) is 5.30. The minimum absolute atomic E-state index is 0. The van der Waals surface area contributed by atoms with Crippen LogP contribution in [-0.4, -0.2) is 64.3 Å². The minimum atomic E-state index is 0. The largest absolute Gasteiger partial charge is 0.381 e. The molecule has 2 aliphatic rings. The van der Waals surface area contributed by atoms with Crippen LogP contribution < -0.4 is 10.6 Å². The van der Waals surface area contributed by atoms with Gasteiger partial charge in [0.05, 0.1) is 32.0 Å². The van der Waals surface area contributed by atoms with Crippen molar-refractivity contribution in [1.29, 1.82) is 0 Å². The number of nitrogens with one attached hydrogen (secondary N) is 2. The third-order valence-electron chi connectivity index (χ3n) is 5.30. The zero-order valence-electron chi connectivity index (χ0n) is 18.6. The second kappa shape index (κ2) is 15.8. The van der Waals surface area contributed by atoms with E-state index in [4.69, 9.17) is 23.9 Å². The summed E-state index contributed by atoms with van der Waals surface area (Å²) in [6.07, 6.45) is 4.55. The van der Waals surface area contributed by atoms with Crippen LogP contribution in [0, 0.1) is 0 Å². The Hall–Kier alpha value is -0.940.